The number of rotatable bonds is 3. The number of benzene rings is 2. The summed E-state index contributed by atoms with van der Waals surface area (Å²) >= 11 is 2.15. The van der Waals surface area contributed by atoms with E-state index in [0.29, 0.717) is 6.04 Å². The van der Waals surface area contributed by atoms with Gasteiger partial charge in [-0.3, -0.25) is 0 Å². The SMILES string of the molecule is c1ccc2c(c1)-c1ccccc1C2NCC1CCCCS1. The molecule has 1 N–H and O–H groups in total. The molecule has 4 rings (SSSR count). The Balaban J connectivity index is 1.59. The zero-order valence-corrected chi connectivity index (χ0v) is 13.0. The molecule has 108 valence electrons. The summed E-state index contributed by atoms with van der Waals surface area (Å²) in [5.74, 6) is 1.34. The van der Waals surface area contributed by atoms with Gasteiger partial charge in [-0.1, -0.05) is 55.0 Å². The van der Waals surface area contributed by atoms with Gasteiger partial charge >= 0.3 is 0 Å². The van der Waals surface area contributed by atoms with Crippen LogP contribution in [0.5, 0.6) is 0 Å². The molecule has 2 heteroatoms. The first-order chi connectivity index (χ1) is 10.4. The summed E-state index contributed by atoms with van der Waals surface area (Å²) in [4.78, 5) is 0. The van der Waals surface area contributed by atoms with E-state index >= 15 is 0 Å². The van der Waals surface area contributed by atoms with E-state index in [1.165, 1.54) is 47.3 Å². The van der Waals surface area contributed by atoms with Crippen LogP contribution >= 0.6 is 11.8 Å². The average molecular weight is 295 g/mol. The molecule has 1 fully saturated rings. The molecule has 2 aromatic carbocycles. The van der Waals surface area contributed by atoms with Crippen LogP contribution in [-0.2, 0) is 0 Å². The maximum absolute atomic E-state index is 3.84. The van der Waals surface area contributed by atoms with E-state index in [4.69, 9.17) is 0 Å². The van der Waals surface area contributed by atoms with Crippen molar-refractivity contribution in [2.75, 3.05) is 12.3 Å². The molecule has 0 saturated carbocycles. The summed E-state index contributed by atoms with van der Waals surface area (Å²) in [5, 5.41) is 4.63. The first-order valence-corrected chi connectivity index (χ1v) is 9.01. The fourth-order valence-corrected chi connectivity index (χ4v) is 4.84. The largest absolute Gasteiger partial charge is 0.305 e. The Bertz CT molecular complexity index is 585. The van der Waals surface area contributed by atoms with Gasteiger partial charge in [-0.2, -0.15) is 11.8 Å². The van der Waals surface area contributed by atoms with Gasteiger partial charge in [0.2, 0.25) is 0 Å². The summed E-state index contributed by atoms with van der Waals surface area (Å²) in [6, 6.07) is 18.1. The lowest BCUT2D eigenvalue weighted by atomic mass is 10.1. The van der Waals surface area contributed by atoms with Crippen molar-refractivity contribution in [3.8, 4) is 11.1 Å². The van der Waals surface area contributed by atoms with Gasteiger partial charge in [0, 0.05) is 11.8 Å². The maximum atomic E-state index is 3.84. The highest BCUT2D eigenvalue weighted by Gasteiger charge is 2.28. The number of hydrogen-bond donors (Lipinski definition) is 1. The summed E-state index contributed by atoms with van der Waals surface area (Å²) < 4.78 is 0. The fourth-order valence-electron chi connectivity index (χ4n) is 3.59. The molecule has 0 radical (unpaired) electrons. The number of fused-ring (bicyclic) bond motifs is 3. The van der Waals surface area contributed by atoms with Crippen LogP contribution in [0.25, 0.3) is 11.1 Å². The number of thioether (sulfide) groups is 1. The molecule has 1 aliphatic carbocycles. The normalized spacial score (nSPS) is 21.0. The number of nitrogens with one attached hydrogen (secondary N) is 1. The lowest BCUT2D eigenvalue weighted by molar-refractivity contribution is 0.563. The van der Waals surface area contributed by atoms with Crippen LogP contribution < -0.4 is 5.32 Å². The second kappa shape index (κ2) is 5.86. The van der Waals surface area contributed by atoms with Gasteiger partial charge in [-0.05, 0) is 40.8 Å². The topological polar surface area (TPSA) is 12.0 Å². The highest BCUT2D eigenvalue weighted by atomic mass is 32.2. The molecule has 21 heavy (non-hydrogen) atoms. The third-order valence-corrected chi connectivity index (χ3v) is 6.06. The van der Waals surface area contributed by atoms with E-state index in [1.807, 2.05) is 0 Å². The zero-order valence-electron chi connectivity index (χ0n) is 12.2. The van der Waals surface area contributed by atoms with Crippen molar-refractivity contribution >= 4 is 11.8 Å². The standard InChI is InChI=1S/C19H21NS/c1-3-10-17-15(8-1)16-9-2-4-11-18(16)19(17)20-13-14-7-5-6-12-21-14/h1-4,8-11,14,19-20H,5-7,12-13H2. The number of hydrogen-bond acceptors (Lipinski definition) is 2. The van der Waals surface area contributed by atoms with Crippen LogP contribution in [0.1, 0.15) is 36.4 Å². The Morgan fingerprint density at radius 2 is 1.57 bits per heavy atom. The Morgan fingerprint density at radius 1 is 0.905 bits per heavy atom. The van der Waals surface area contributed by atoms with E-state index in [-0.39, 0.29) is 0 Å². The summed E-state index contributed by atoms with van der Waals surface area (Å²) in [7, 11) is 0. The monoisotopic (exact) mass is 295 g/mol. The predicted molar refractivity (Wildman–Crippen MR) is 91.8 cm³/mol. The van der Waals surface area contributed by atoms with Crippen molar-refractivity contribution in [1.82, 2.24) is 5.32 Å². The maximum Gasteiger partial charge on any atom is 0.0589 e. The predicted octanol–water partition coefficient (Wildman–Crippen LogP) is 4.63. The van der Waals surface area contributed by atoms with E-state index in [9.17, 15) is 0 Å². The van der Waals surface area contributed by atoms with Crippen molar-refractivity contribution in [2.24, 2.45) is 0 Å². The van der Waals surface area contributed by atoms with Crippen molar-refractivity contribution < 1.29 is 0 Å². The molecule has 1 unspecified atom stereocenters. The molecule has 0 spiro atoms. The van der Waals surface area contributed by atoms with Crippen molar-refractivity contribution in [3.05, 3.63) is 59.7 Å². The molecule has 0 amide bonds. The third kappa shape index (κ3) is 2.51. The summed E-state index contributed by atoms with van der Waals surface area (Å²) in [6.07, 6.45) is 4.17. The average Bonchev–Trinajstić information content (AvgIpc) is 2.88. The van der Waals surface area contributed by atoms with Crippen LogP contribution in [0, 0.1) is 0 Å². The molecule has 1 heterocycles. The minimum absolute atomic E-state index is 0.375. The van der Waals surface area contributed by atoms with E-state index in [2.05, 4.69) is 65.6 Å². The Hall–Kier alpha value is -1.25. The van der Waals surface area contributed by atoms with Crippen LogP contribution in [0.2, 0.25) is 0 Å². The lowest BCUT2D eigenvalue weighted by Gasteiger charge is -2.24. The van der Waals surface area contributed by atoms with Gasteiger partial charge in [0.1, 0.15) is 0 Å². The summed E-state index contributed by atoms with van der Waals surface area (Å²) in [5.41, 5.74) is 5.70. The van der Waals surface area contributed by atoms with Gasteiger partial charge in [0.25, 0.3) is 0 Å². The van der Waals surface area contributed by atoms with Gasteiger partial charge in [-0.25, -0.2) is 0 Å². The van der Waals surface area contributed by atoms with Gasteiger partial charge in [-0.15, -0.1) is 0 Å². The van der Waals surface area contributed by atoms with E-state index < -0.39 is 0 Å². The molecule has 2 aliphatic rings. The zero-order chi connectivity index (χ0) is 14.1. The van der Waals surface area contributed by atoms with Crippen molar-refractivity contribution in [3.63, 3.8) is 0 Å². The highest BCUT2D eigenvalue weighted by Crippen LogP contribution is 2.43. The second-order valence-electron chi connectivity index (χ2n) is 6.00. The van der Waals surface area contributed by atoms with Crippen LogP contribution in [0.15, 0.2) is 48.5 Å². The van der Waals surface area contributed by atoms with Crippen LogP contribution in [0.4, 0.5) is 0 Å². The second-order valence-corrected chi connectivity index (χ2v) is 7.41. The smallest absolute Gasteiger partial charge is 0.0589 e. The fraction of sp³-hybridized carbons (Fsp3) is 0.368. The quantitative estimate of drug-likeness (QED) is 0.886. The van der Waals surface area contributed by atoms with E-state index in [0.717, 1.165) is 11.8 Å². The molecule has 1 aliphatic heterocycles. The summed E-state index contributed by atoms with van der Waals surface area (Å²) in [6.45, 7) is 1.12. The van der Waals surface area contributed by atoms with Gasteiger partial charge in [0.15, 0.2) is 0 Å². The molecule has 2 aromatic rings. The molecular weight excluding hydrogens is 274 g/mol. The first-order valence-electron chi connectivity index (χ1n) is 7.97. The Morgan fingerprint density at radius 3 is 2.19 bits per heavy atom. The van der Waals surface area contributed by atoms with E-state index in [1.54, 1.807) is 0 Å². The minimum Gasteiger partial charge on any atom is -0.305 e. The lowest BCUT2D eigenvalue weighted by Crippen LogP contribution is -2.30. The first kappa shape index (κ1) is 13.4. The molecule has 0 bridgehead atoms. The van der Waals surface area contributed by atoms with Gasteiger partial charge < -0.3 is 5.32 Å². The highest BCUT2D eigenvalue weighted by molar-refractivity contribution is 7.99. The van der Waals surface area contributed by atoms with Crippen LogP contribution in [0.3, 0.4) is 0 Å². The minimum atomic E-state index is 0.375. The molecule has 0 aromatic heterocycles. The Labute approximate surface area is 131 Å². The Kier molecular flexibility index (Phi) is 3.74. The molecule has 1 saturated heterocycles. The van der Waals surface area contributed by atoms with Crippen molar-refractivity contribution in [1.29, 1.82) is 0 Å². The van der Waals surface area contributed by atoms with Crippen LogP contribution in [-0.4, -0.2) is 17.5 Å². The molecule has 1 atom stereocenters. The van der Waals surface area contributed by atoms with Crippen molar-refractivity contribution in [2.45, 2.75) is 30.6 Å². The third-order valence-electron chi connectivity index (χ3n) is 4.66. The van der Waals surface area contributed by atoms with Gasteiger partial charge in [0.05, 0.1) is 6.04 Å². The molecular formula is C19H21NS. The molecule has 1 nitrogen and oxygen atoms in total.